The zero-order valence-corrected chi connectivity index (χ0v) is 37.1. The Kier molecular flexibility index (Phi) is 24.2. The van der Waals surface area contributed by atoms with E-state index in [1.54, 1.807) is 0 Å². The first kappa shape index (κ1) is 51.4. The van der Waals surface area contributed by atoms with Gasteiger partial charge in [0.1, 0.15) is 30.2 Å². The third-order valence-electron chi connectivity index (χ3n) is 9.93. The fourth-order valence-electron chi connectivity index (χ4n) is 6.02. The Morgan fingerprint density at radius 2 is 1.11 bits per heavy atom. The highest BCUT2D eigenvalue weighted by molar-refractivity contribution is 7.14. The number of rotatable bonds is 29. The van der Waals surface area contributed by atoms with Crippen LogP contribution in [0.3, 0.4) is 0 Å². The summed E-state index contributed by atoms with van der Waals surface area (Å²) < 4.78 is 0. The third-order valence-corrected chi connectivity index (χ3v) is 10.8. The van der Waals surface area contributed by atoms with E-state index in [4.69, 9.17) is 5.73 Å². The van der Waals surface area contributed by atoms with Gasteiger partial charge in [-0.1, -0.05) is 55.9 Å². The number of hydrogen-bond acceptors (Lipinski definition) is 12. The van der Waals surface area contributed by atoms with Crippen molar-refractivity contribution in [1.29, 1.82) is 0 Å². The fourth-order valence-corrected chi connectivity index (χ4v) is 6.52. The number of carbonyl (C=O) groups excluding carboxylic acids is 7. The molecule has 12 unspecified atom stereocenters. The third kappa shape index (κ3) is 17.9. The topological polar surface area (TPSA) is 286 Å². The zero-order chi connectivity index (χ0) is 42.6. The van der Waals surface area contributed by atoms with Gasteiger partial charge in [0.15, 0.2) is 0 Å². The molecule has 1 saturated carbocycles. The van der Waals surface area contributed by atoms with Crippen molar-refractivity contribution >= 4 is 69.5 Å². The van der Waals surface area contributed by atoms with Gasteiger partial charge in [0.05, 0.1) is 12.1 Å². The molecule has 13 N–H and O–H groups in total. The van der Waals surface area contributed by atoms with E-state index in [0.29, 0.717) is 26.1 Å². The van der Waals surface area contributed by atoms with Crippen LogP contribution in [0.25, 0.3) is 0 Å². The van der Waals surface area contributed by atoms with E-state index in [-0.39, 0.29) is 55.4 Å². The van der Waals surface area contributed by atoms with Crippen molar-refractivity contribution in [2.24, 2.45) is 23.0 Å². The number of hydrogen-bond donors (Lipinski definition) is 12. The second-order valence-electron chi connectivity index (χ2n) is 14.9. The van der Waals surface area contributed by atoms with Gasteiger partial charge in [-0.2, -0.15) is 0 Å². The minimum absolute atomic E-state index is 0.0562. The number of amides is 7. The minimum Gasteiger partial charge on any atom is -0.391 e. The van der Waals surface area contributed by atoms with Crippen LogP contribution in [0.1, 0.15) is 79.6 Å². The normalized spacial score (nSPS) is 19.9. The molecule has 0 aliphatic heterocycles. The van der Waals surface area contributed by atoms with Gasteiger partial charge in [0, 0.05) is 32.1 Å². The van der Waals surface area contributed by atoms with E-state index in [1.165, 1.54) is 14.0 Å². The molecule has 0 aromatic rings. The largest absolute Gasteiger partial charge is 0.391 e. The maximum absolute atomic E-state index is 13.5. The van der Waals surface area contributed by atoms with Crippen molar-refractivity contribution in [1.82, 2.24) is 52.5 Å². The molecule has 56 heavy (non-hydrogen) atoms. The van der Waals surface area contributed by atoms with Gasteiger partial charge < -0.3 is 63.3 Å². The smallest absolute Gasteiger partial charge is 0.245 e. The Bertz CT molecular complexity index is 1320. The van der Waals surface area contributed by atoms with Gasteiger partial charge in [-0.05, 0) is 70.3 Å². The van der Waals surface area contributed by atoms with Crippen molar-refractivity contribution in [3.8, 4) is 0 Å². The molecule has 1 aliphatic rings. The van der Waals surface area contributed by atoms with E-state index in [0.717, 1.165) is 12.8 Å². The quantitative estimate of drug-likeness (QED) is 0.0340. The Labute approximate surface area is 338 Å². The maximum Gasteiger partial charge on any atom is 0.245 e. The van der Waals surface area contributed by atoms with Crippen LogP contribution in [0.2, 0.25) is 0 Å². The molecule has 1 rings (SSSR count). The summed E-state index contributed by atoms with van der Waals surface area (Å²) in [5.41, 5.74) is 5.38. The first-order chi connectivity index (χ1) is 26.4. The van der Waals surface area contributed by atoms with Crippen molar-refractivity contribution < 1.29 is 38.7 Å². The lowest BCUT2D eigenvalue weighted by molar-refractivity contribution is -0.135. The summed E-state index contributed by atoms with van der Waals surface area (Å²) in [7, 11) is 8.50. The van der Waals surface area contributed by atoms with Gasteiger partial charge in [-0.15, -0.1) is 0 Å². The Morgan fingerprint density at radius 1 is 0.679 bits per heavy atom. The van der Waals surface area contributed by atoms with Crippen LogP contribution < -0.4 is 58.2 Å². The molecular weight excluding hydrogens is 783 g/mol. The molecule has 1 aliphatic carbocycles. The molecular formula is C34H68N11O8P3. The van der Waals surface area contributed by atoms with Crippen LogP contribution in [0, 0.1) is 17.3 Å². The second kappa shape index (κ2) is 26.4. The summed E-state index contributed by atoms with van der Waals surface area (Å²) in [4.78, 5) is 91.6. The number of nitrogens with two attached hydrogens (primary N) is 1. The predicted molar refractivity (Wildman–Crippen MR) is 224 cm³/mol. The van der Waals surface area contributed by atoms with Crippen LogP contribution in [-0.2, 0) is 33.6 Å². The Hall–Kier alpha value is -2.62. The average molecular weight is 852 g/mol. The molecule has 0 aromatic heterocycles. The summed E-state index contributed by atoms with van der Waals surface area (Å²) in [6, 6.07) is -6.22. The molecule has 0 aromatic carbocycles. The lowest BCUT2D eigenvalue weighted by Gasteiger charge is -2.27. The van der Waals surface area contributed by atoms with Gasteiger partial charge in [0.2, 0.25) is 41.4 Å². The van der Waals surface area contributed by atoms with Crippen LogP contribution in [-0.4, -0.2) is 122 Å². The molecule has 0 spiro atoms. The first-order valence-electron chi connectivity index (χ1n) is 19.1. The summed E-state index contributed by atoms with van der Waals surface area (Å²) in [6.07, 6.45) is 1.21. The summed E-state index contributed by atoms with van der Waals surface area (Å²) in [6.45, 7) is 10.1. The standard InChI is InChI=1S/C34H68N11O8P3/c1-7-34(5)17-20(34)28(48)41-22(9-13-38-54)30(50)43-24(11-15-40-56)32(52)45-26(19(4)46)33(53)37-12-8-21(36-6)29(49)42-23(10-14-39-55)31(51)44-25(27(35)47)16-18(2)3/h18-26,36,38-40,46H,7-17,54-56H2,1-6H3,(H2,35,47)(H,37,53)(H,41,48)(H,42,49)(H,43,50)(H,44,51)(H,45,52). The molecule has 12 atom stereocenters. The summed E-state index contributed by atoms with van der Waals surface area (Å²) in [5.74, 6) is -4.15. The molecule has 0 bridgehead atoms. The van der Waals surface area contributed by atoms with E-state index in [9.17, 15) is 38.7 Å². The molecule has 1 fully saturated rings. The maximum atomic E-state index is 13.5. The van der Waals surface area contributed by atoms with E-state index >= 15 is 0 Å². The molecule has 22 heteroatoms. The lowest BCUT2D eigenvalue weighted by Crippen LogP contribution is -2.59. The van der Waals surface area contributed by atoms with Crippen LogP contribution >= 0.6 is 28.2 Å². The highest BCUT2D eigenvalue weighted by atomic mass is 31.0. The first-order valence-corrected chi connectivity index (χ1v) is 20.9. The fraction of sp³-hybridized carbons (Fsp3) is 0.794. The van der Waals surface area contributed by atoms with Gasteiger partial charge in [-0.3, -0.25) is 33.6 Å². The number of carbonyl (C=O) groups is 7. The number of aliphatic hydroxyl groups excluding tert-OH is 1. The lowest BCUT2D eigenvalue weighted by atomic mass is 10.0. The van der Waals surface area contributed by atoms with Gasteiger partial charge >= 0.3 is 0 Å². The van der Waals surface area contributed by atoms with Crippen molar-refractivity contribution in [2.45, 2.75) is 122 Å². The second-order valence-corrected chi connectivity index (χ2v) is 16.1. The van der Waals surface area contributed by atoms with E-state index in [1.807, 2.05) is 27.7 Å². The molecule has 0 heterocycles. The summed E-state index contributed by atoms with van der Waals surface area (Å²) in [5, 5.41) is 38.0. The number of primary amides is 1. The minimum atomic E-state index is -1.41. The SMILES string of the molecule is CCC1(C)CC1C(=O)NC(CCNP)C(=O)NC(CCNP)C(=O)NC(C(=O)NCCC(NC)C(=O)NC(CCNP)C(=O)NC(CC(C)C)C(N)=O)C(C)O. The van der Waals surface area contributed by atoms with E-state index in [2.05, 4.69) is 80.7 Å². The summed E-state index contributed by atoms with van der Waals surface area (Å²) >= 11 is 0. The highest BCUT2D eigenvalue weighted by Crippen LogP contribution is 2.54. The monoisotopic (exact) mass is 851 g/mol. The van der Waals surface area contributed by atoms with Gasteiger partial charge in [0.25, 0.3) is 0 Å². The molecule has 322 valence electrons. The van der Waals surface area contributed by atoms with Crippen molar-refractivity contribution in [3.05, 3.63) is 0 Å². The van der Waals surface area contributed by atoms with Crippen LogP contribution in [0.15, 0.2) is 0 Å². The van der Waals surface area contributed by atoms with E-state index < -0.39 is 77.8 Å². The molecule has 19 nitrogen and oxygen atoms in total. The molecule has 7 amide bonds. The zero-order valence-electron chi connectivity index (χ0n) is 33.6. The average Bonchev–Trinajstić information content (AvgIpc) is 3.84. The van der Waals surface area contributed by atoms with Gasteiger partial charge in [-0.25, -0.2) is 0 Å². The number of nitrogens with one attached hydrogen (secondary N) is 10. The Balaban J connectivity index is 2.95. The molecule has 0 radical (unpaired) electrons. The predicted octanol–water partition coefficient (Wildman–Crippen LogP) is -2.84. The molecule has 0 saturated heterocycles. The Morgan fingerprint density at radius 3 is 1.50 bits per heavy atom. The number of aliphatic hydroxyl groups is 1. The van der Waals surface area contributed by atoms with Crippen molar-refractivity contribution in [3.63, 3.8) is 0 Å². The van der Waals surface area contributed by atoms with Crippen LogP contribution in [0.5, 0.6) is 0 Å². The highest BCUT2D eigenvalue weighted by Gasteiger charge is 2.53. The van der Waals surface area contributed by atoms with Crippen molar-refractivity contribution in [2.75, 3.05) is 33.2 Å². The van der Waals surface area contributed by atoms with Crippen LogP contribution in [0.4, 0.5) is 0 Å². The number of likely N-dealkylation sites (N-methyl/N-ethyl adjacent to an activating group) is 1.